The van der Waals surface area contributed by atoms with E-state index in [0.717, 1.165) is 4.40 Å². The van der Waals surface area contributed by atoms with Crippen LogP contribution >= 0.6 is 11.6 Å². The van der Waals surface area contributed by atoms with Crippen LogP contribution in [0.3, 0.4) is 0 Å². The van der Waals surface area contributed by atoms with Gasteiger partial charge < -0.3 is 9.47 Å². The quantitative estimate of drug-likeness (QED) is 0.455. The lowest BCUT2D eigenvalue weighted by Crippen LogP contribution is -2.18. The third kappa shape index (κ3) is 3.94. The second-order valence-corrected chi connectivity index (χ2v) is 5.94. The van der Waals surface area contributed by atoms with Gasteiger partial charge in [-0.1, -0.05) is 23.7 Å². The first-order valence-electron chi connectivity index (χ1n) is 8.17. The van der Waals surface area contributed by atoms with E-state index in [1.165, 1.54) is 19.4 Å². The van der Waals surface area contributed by atoms with E-state index < -0.39 is 18.2 Å². The van der Waals surface area contributed by atoms with Crippen molar-refractivity contribution in [3.05, 3.63) is 52.9 Å². The molecule has 0 spiro atoms. The zero-order valence-electron chi connectivity index (χ0n) is 14.9. The lowest BCUT2D eigenvalue weighted by molar-refractivity contribution is -0.134. The number of rotatable bonds is 6. The number of methoxy groups -OCH3 is 1. The number of hydrogen-bond acceptors (Lipinski definition) is 6. The van der Waals surface area contributed by atoms with E-state index in [1.54, 1.807) is 31.2 Å². The zero-order valence-corrected chi connectivity index (χ0v) is 15.7. The van der Waals surface area contributed by atoms with Crippen LogP contribution in [0, 0.1) is 0 Å². The molecule has 0 fully saturated rings. The first kappa shape index (κ1) is 19.7. The highest BCUT2D eigenvalue weighted by Crippen LogP contribution is 2.29. The summed E-state index contributed by atoms with van der Waals surface area (Å²) in [4.78, 5) is 16.7. The molecule has 1 aromatic carbocycles. The van der Waals surface area contributed by atoms with Crippen LogP contribution in [0.5, 0.6) is 5.75 Å². The summed E-state index contributed by atoms with van der Waals surface area (Å²) in [5.74, 6) is -1.05. The third-order valence-electron chi connectivity index (χ3n) is 3.73. The third-order valence-corrected chi connectivity index (χ3v) is 3.98. The Morgan fingerprint density at radius 1 is 1.29 bits per heavy atom. The van der Waals surface area contributed by atoms with E-state index in [9.17, 15) is 13.6 Å². The van der Waals surface area contributed by atoms with Crippen molar-refractivity contribution < 1.29 is 23.0 Å². The number of halogens is 3. The molecule has 0 atom stereocenters. The number of aromatic nitrogens is 3. The Labute approximate surface area is 163 Å². The van der Waals surface area contributed by atoms with Gasteiger partial charge in [-0.2, -0.15) is 0 Å². The zero-order chi connectivity index (χ0) is 20.3. The fraction of sp³-hybridized carbons (Fsp3) is 0.222. The molecule has 146 valence electrons. The number of nitrogens with zero attached hydrogens (tertiary/aromatic N) is 4. The highest BCUT2D eigenvalue weighted by molar-refractivity contribution is 6.44. The Hall–Kier alpha value is -3.07. The normalized spacial score (nSPS) is 11.9. The minimum absolute atomic E-state index is 0.00779. The van der Waals surface area contributed by atoms with Gasteiger partial charge >= 0.3 is 5.97 Å². The van der Waals surface area contributed by atoms with E-state index in [0.29, 0.717) is 10.6 Å². The molecule has 0 saturated heterocycles. The minimum atomic E-state index is -2.85. The maximum Gasteiger partial charge on any atom is 0.357 e. The maximum atomic E-state index is 13.2. The first-order valence-corrected chi connectivity index (χ1v) is 8.55. The van der Waals surface area contributed by atoms with Gasteiger partial charge in [0.2, 0.25) is 11.5 Å². The van der Waals surface area contributed by atoms with E-state index in [2.05, 4.69) is 15.2 Å². The monoisotopic (exact) mass is 408 g/mol. The lowest BCUT2D eigenvalue weighted by Gasteiger charge is -2.09. The highest BCUT2D eigenvalue weighted by Gasteiger charge is 2.20. The number of hydrogen-bond donors (Lipinski definition) is 0. The van der Waals surface area contributed by atoms with Crippen LogP contribution in [0.1, 0.15) is 24.7 Å². The Bertz CT molecular complexity index is 1040. The fourth-order valence-electron chi connectivity index (χ4n) is 2.49. The van der Waals surface area contributed by atoms with Crippen LogP contribution in [0.15, 0.2) is 41.5 Å². The molecule has 0 aliphatic carbocycles. The largest absolute Gasteiger partial charge is 0.493 e. The summed E-state index contributed by atoms with van der Waals surface area (Å²) >= 11 is 5.90. The predicted molar refractivity (Wildman–Crippen MR) is 98.8 cm³/mol. The van der Waals surface area contributed by atoms with Gasteiger partial charge in [0.05, 0.1) is 19.4 Å². The SMILES string of the molecule is CCOC(=O)C(=Nc1cc(OC)c2nnc(C(F)F)n2c1)c1ccc(Cl)cc1. The van der Waals surface area contributed by atoms with Gasteiger partial charge in [0.25, 0.3) is 6.43 Å². The summed E-state index contributed by atoms with van der Waals surface area (Å²) in [5.41, 5.74) is 0.747. The Kier molecular flexibility index (Phi) is 5.84. The molecule has 3 aromatic rings. The van der Waals surface area contributed by atoms with Crippen molar-refractivity contribution in [1.29, 1.82) is 0 Å². The molecule has 0 saturated carbocycles. The Morgan fingerprint density at radius 2 is 2.00 bits per heavy atom. The number of ether oxygens (including phenoxy) is 2. The molecular formula is C18H15ClF2N4O3. The number of carbonyl (C=O) groups excluding carboxylic acids is 1. The van der Waals surface area contributed by atoms with Gasteiger partial charge in [-0.25, -0.2) is 18.6 Å². The molecule has 0 aliphatic rings. The number of alkyl halides is 2. The fourth-order valence-corrected chi connectivity index (χ4v) is 2.62. The number of benzene rings is 1. The topological polar surface area (TPSA) is 78.1 Å². The summed E-state index contributed by atoms with van der Waals surface area (Å²) in [6, 6.07) is 7.89. The predicted octanol–water partition coefficient (Wildman–Crippen LogP) is 4.01. The number of pyridine rings is 1. The van der Waals surface area contributed by atoms with Gasteiger partial charge in [-0.3, -0.25) is 4.40 Å². The smallest absolute Gasteiger partial charge is 0.357 e. The summed E-state index contributed by atoms with van der Waals surface area (Å²) in [5, 5.41) is 7.69. The van der Waals surface area contributed by atoms with E-state index in [-0.39, 0.29) is 29.4 Å². The average molecular weight is 409 g/mol. The van der Waals surface area contributed by atoms with Crippen molar-refractivity contribution in [2.45, 2.75) is 13.3 Å². The summed E-state index contributed by atoms with van der Waals surface area (Å²) in [6.07, 6.45) is -1.55. The number of carbonyl (C=O) groups is 1. The van der Waals surface area contributed by atoms with Gasteiger partial charge in [0.15, 0.2) is 11.5 Å². The molecule has 28 heavy (non-hydrogen) atoms. The van der Waals surface area contributed by atoms with Gasteiger partial charge in [0, 0.05) is 22.8 Å². The molecule has 10 heteroatoms. The number of esters is 1. The van der Waals surface area contributed by atoms with Crippen molar-refractivity contribution in [3.63, 3.8) is 0 Å². The van der Waals surface area contributed by atoms with Gasteiger partial charge in [-0.05, 0) is 19.1 Å². The second-order valence-electron chi connectivity index (χ2n) is 5.51. The highest BCUT2D eigenvalue weighted by atomic mass is 35.5. The van der Waals surface area contributed by atoms with Crippen LogP contribution in [0.4, 0.5) is 14.5 Å². The molecular weight excluding hydrogens is 394 g/mol. The minimum Gasteiger partial charge on any atom is -0.493 e. The molecule has 0 aliphatic heterocycles. The lowest BCUT2D eigenvalue weighted by atomic mass is 10.1. The van der Waals surface area contributed by atoms with E-state index in [1.807, 2.05) is 0 Å². The molecule has 0 unspecified atom stereocenters. The van der Waals surface area contributed by atoms with E-state index in [4.69, 9.17) is 21.1 Å². The number of fused-ring (bicyclic) bond motifs is 1. The van der Waals surface area contributed by atoms with Crippen LogP contribution < -0.4 is 4.74 Å². The van der Waals surface area contributed by atoms with Crippen LogP contribution in [0.25, 0.3) is 5.65 Å². The molecule has 2 aromatic heterocycles. The maximum absolute atomic E-state index is 13.2. The Balaban J connectivity index is 2.18. The summed E-state index contributed by atoms with van der Waals surface area (Å²) in [7, 11) is 1.37. The van der Waals surface area contributed by atoms with Crippen molar-refractivity contribution >= 4 is 34.6 Å². The van der Waals surface area contributed by atoms with Crippen molar-refractivity contribution in [3.8, 4) is 5.75 Å². The molecule has 0 amide bonds. The molecule has 0 radical (unpaired) electrons. The molecule has 7 nitrogen and oxygen atoms in total. The van der Waals surface area contributed by atoms with Crippen LogP contribution in [-0.4, -0.2) is 40.0 Å². The van der Waals surface area contributed by atoms with E-state index >= 15 is 0 Å². The molecule has 0 N–H and O–H groups in total. The van der Waals surface area contributed by atoms with Gasteiger partial charge in [0.1, 0.15) is 0 Å². The summed E-state index contributed by atoms with van der Waals surface area (Å²) < 4.78 is 37.8. The molecule has 3 rings (SSSR count). The second kappa shape index (κ2) is 8.30. The average Bonchev–Trinajstić information content (AvgIpc) is 3.10. The van der Waals surface area contributed by atoms with Gasteiger partial charge in [-0.15, -0.1) is 10.2 Å². The molecule has 0 bridgehead atoms. The first-order chi connectivity index (χ1) is 13.4. The van der Waals surface area contributed by atoms with Crippen molar-refractivity contribution in [2.24, 2.45) is 4.99 Å². The van der Waals surface area contributed by atoms with Crippen LogP contribution in [0.2, 0.25) is 5.02 Å². The number of aliphatic imine (C=N–C) groups is 1. The standard InChI is InChI=1S/C18H15ClF2N4O3/c1-3-28-18(26)14(10-4-6-11(19)7-5-10)22-12-8-13(27-2)16-23-24-17(15(20)21)25(16)9-12/h4-9,15H,3H2,1-2H3. The molecule has 2 heterocycles. The van der Waals surface area contributed by atoms with Crippen LogP contribution in [-0.2, 0) is 9.53 Å². The van der Waals surface area contributed by atoms with Crippen molar-refractivity contribution in [1.82, 2.24) is 14.6 Å². The van der Waals surface area contributed by atoms with Crippen molar-refractivity contribution in [2.75, 3.05) is 13.7 Å². The Morgan fingerprint density at radius 3 is 2.61 bits per heavy atom. The summed E-state index contributed by atoms with van der Waals surface area (Å²) in [6.45, 7) is 1.81.